The van der Waals surface area contributed by atoms with E-state index in [-0.39, 0.29) is 5.91 Å². The number of aromatic nitrogens is 5. The molecular formula is C22H23N7O. The predicted octanol–water partition coefficient (Wildman–Crippen LogP) is 2.91. The minimum absolute atomic E-state index is 0.109. The van der Waals surface area contributed by atoms with Gasteiger partial charge in [-0.3, -0.25) is 4.79 Å². The van der Waals surface area contributed by atoms with Crippen LogP contribution >= 0.6 is 0 Å². The highest BCUT2D eigenvalue weighted by Crippen LogP contribution is 2.11. The highest BCUT2D eigenvalue weighted by atomic mass is 16.1. The van der Waals surface area contributed by atoms with Crippen LogP contribution in [0, 0.1) is 13.8 Å². The summed E-state index contributed by atoms with van der Waals surface area (Å²) in [5.74, 6) is 1.20. The summed E-state index contributed by atoms with van der Waals surface area (Å²) in [4.78, 5) is 12.3. The van der Waals surface area contributed by atoms with Crippen molar-refractivity contribution in [3.05, 3.63) is 83.9 Å². The Morgan fingerprint density at radius 2 is 1.73 bits per heavy atom. The van der Waals surface area contributed by atoms with Gasteiger partial charge in [-0.2, -0.15) is 5.10 Å². The third-order valence-electron chi connectivity index (χ3n) is 4.63. The highest BCUT2D eigenvalue weighted by Gasteiger charge is 2.07. The van der Waals surface area contributed by atoms with Gasteiger partial charge in [0.15, 0.2) is 5.82 Å². The molecule has 0 spiro atoms. The number of carbonyl (C=O) groups is 1. The number of anilines is 1. The first-order chi connectivity index (χ1) is 14.6. The molecule has 0 radical (unpaired) electrons. The molecule has 4 aromatic rings. The van der Waals surface area contributed by atoms with Gasteiger partial charge in [-0.1, -0.05) is 0 Å². The lowest BCUT2D eigenvalue weighted by molar-refractivity contribution is 0.0955. The van der Waals surface area contributed by atoms with Gasteiger partial charge in [0.25, 0.3) is 5.91 Å². The molecule has 0 atom stereocenters. The van der Waals surface area contributed by atoms with Crippen LogP contribution in [0.3, 0.4) is 0 Å². The molecular weight excluding hydrogens is 378 g/mol. The van der Waals surface area contributed by atoms with E-state index in [4.69, 9.17) is 0 Å². The number of amides is 1. The zero-order valence-electron chi connectivity index (χ0n) is 16.9. The number of benzene rings is 1. The van der Waals surface area contributed by atoms with E-state index in [1.54, 1.807) is 4.68 Å². The fraction of sp³-hybridized carbons (Fsp3) is 0.182. The Hall–Kier alpha value is -3.94. The SMILES string of the molecule is Cc1cc(C)n(-c2ccc(NCCNC(=O)c3ccc(-n4cccc4)cc3)nn2)n1. The minimum atomic E-state index is -0.109. The zero-order valence-corrected chi connectivity index (χ0v) is 16.9. The van der Waals surface area contributed by atoms with E-state index in [1.165, 1.54) is 0 Å². The van der Waals surface area contributed by atoms with Crippen LogP contribution in [0.15, 0.2) is 67.0 Å². The molecule has 1 amide bonds. The molecule has 0 aliphatic carbocycles. The number of aryl methyl sites for hydroxylation is 2. The van der Waals surface area contributed by atoms with Crippen LogP contribution in [0.5, 0.6) is 0 Å². The maximum Gasteiger partial charge on any atom is 0.251 e. The Morgan fingerprint density at radius 3 is 2.37 bits per heavy atom. The summed E-state index contributed by atoms with van der Waals surface area (Å²) >= 11 is 0. The quantitative estimate of drug-likeness (QED) is 0.465. The Labute approximate surface area is 174 Å². The summed E-state index contributed by atoms with van der Waals surface area (Å²) in [6.07, 6.45) is 3.93. The third kappa shape index (κ3) is 4.38. The van der Waals surface area contributed by atoms with Crippen molar-refractivity contribution in [1.82, 2.24) is 29.9 Å². The first-order valence-corrected chi connectivity index (χ1v) is 9.73. The molecule has 3 aromatic heterocycles. The van der Waals surface area contributed by atoms with Gasteiger partial charge in [0.1, 0.15) is 5.82 Å². The molecule has 8 heteroatoms. The number of carbonyl (C=O) groups excluding carboxylic acids is 1. The maximum absolute atomic E-state index is 12.3. The molecule has 2 N–H and O–H groups in total. The van der Waals surface area contributed by atoms with E-state index in [0.29, 0.717) is 30.3 Å². The molecule has 0 fully saturated rings. The number of rotatable bonds is 7. The summed E-state index contributed by atoms with van der Waals surface area (Å²) in [5.41, 5.74) is 3.58. The number of hydrogen-bond donors (Lipinski definition) is 2. The van der Waals surface area contributed by atoms with Crippen LogP contribution in [-0.2, 0) is 0 Å². The molecule has 30 heavy (non-hydrogen) atoms. The normalized spacial score (nSPS) is 10.7. The standard InChI is InChI=1S/C22H23N7O/c1-16-15-17(2)29(27-16)21-10-9-20(25-26-21)23-11-12-24-22(30)18-5-7-19(8-6-18)28-13-3-4-14-28/h3-10,13-15H,11-12H2,1-2H3,(H,23,25)(H,24,30). The zero-order chi connectivity index (χ0) is 20.9. The summed E-state index contributed by atoms with van der Waals surface area (Å²) < 4.78 is 3.75. The first-order valence-electron chi connectivity index (χ1n) is 9.73. The lowest BCUT2D eigenvalue weighted by Gasteiger charge is -2.09. The van der Waals surface area contributed by atoms with Crippen molar-refractivity contribution in [3.63, 3.8) is 0 Å². The van der Waals surface area contributed by atoms with Crippen LogP contribution in [0.4, 0.5) is 5.82 Å². The fourth-order valence-electron chi connectivity index (χ4n) is 3.15. The van der Waals surface area contributed by atoms with Crippen molar-refractivity contribution in [1.29, 1.82) is 0 Å². The van der Waals surface area contributed by atoms with Gasteiger partial charge in [0.2, 0.25) is 0 Å². The smallest absolute Gasteiger partial charge is 0.251 e. The Morgan fingerprint density at radius 1 is 0.967 bits per heavy atom. The molecule has 4 rings (SSSR count). The average molecular weight is 401 g/mol. The van der Waals surface area contributed by atoms with Gasteiger partial charge in [-0.15, -0.1) is 10.2 Å². The average Bonchev–Trinajstić information content (AvgIpc) is 3.41. The van der Waals surface area contributed by atoms with E-state index >= 15 is 0 Å². The molecule has 0 aliphatic rings. The second kappa shape index (κ2) is 8.60. The molecule has 1 aromatic carbocycles. The number of nitrogens with zero attached hydrogens (tertiary/aromatic N) is 5. The van der Waals surface area contributed by atoms with Gasteiger partial charge < -0.3 is 15.2 Å². The summed E-state index contributed by atoms with van der Waals surface area (Å²) in [6, 6.07) is 17.1. The molecule has 0 bridgehead atoms. The van der Waals surface area contributed by atoms with Crippen LogP contribution in [0.25, 0.3) is 11.5 Å². The Bertz CT molecular complexity index is 1110. The van der Waals surface area contributed by atoms with E-state index in [1.807, 2.05) is 85.4 Å². The van der Waals surface area contributed by atoms with Crippen molar-refractivity contribution in [3.8, 4) is 11.5 Å². The first kappa shape index (κ1) is 19.4. The van der Waals surface area contributed by atoms with E-state index in [0.717, 1.165) is 17.1 Å². The van der Waals surface area contributed by atoms with Crippen LogP contribution in [0.2, 0.25) is 0 Å². The largest absolute Gasteiger partial charge is 0.367 e. The molecule has 8 nitrogen and oxygen atoms in total. The predicted molar refractivity (Wildman–Crippen MR) is 115 cm³/mol. The molecule has 152 valence electrons. The van der Waals surface area contributed by atoms with E-state index in [9.17, 15) is 4.79 Å². The minimum Gasteiger partial charge on any atom is -0.367 e. The maximum atomic E-state index is 12.3. The van der Waals surface area contributed by atoms with E-state index in [2.05, 4.69) is 25.9 Å². The van der Waals surface area contributed by atoms with Crippen molar-refractivity contribution in [2.75, 3.05) is 18.4 Å². The second-order valence-corrected chi connectivity index (χ2v) is 6.94. The molecule has 0 saturated heterocycles. The van der Waals surface area contributed by atoms with Gasteiger partial charge in [0, 0.05) is 42.4 Å². The summed E-state index contributed by atoms with van der Waals surface area (Å²) in [6.45, 7) is 4.93. The van der Waals surface area contributed by atoms with Crippen LogP contribution in [-0.4, -0.2) is 43.5 Å². The summed E-state index contributed by atoms with van der Waals surface area (Å²) in [5, 5.41) is 18.8. The second-order valence-electron chi connectivity index (χ2n) is 6.94. The van der Waals surface area contributed by atoms with Crippen molar-refractivity contribution < 1.29 is 4.79 Å². The van der Waals surface area contributed by atoms with Crippen molar-refractivity contribution >= 4 is 11.7 Å². The number of hydrogen-bond acceptors (Lipinski definition) is 5. The molecule has 3 heterocycles. The fourth-order valence-corrected chi connectivity index (χ4v) is 3.15. The van der Waals surface area contributed by atoms with Crippen molar-refractivity contribution in [2.45, 2.75) is 13.8 Å². The van der Waals surface area contributed by atoms with Gasteiger partial charge in [-0.25, -0.2) is 4.68 Å². The number of nitrogens with one attached hydrogen (secondary N) is 2. The summed E-state index contributed by atoms with van der Waals surface area (Å²) in [7, 11) is 0. The molecule has 0 saturated carbocycles. The Kier molecular flexibility index (Phi) is 5.56. The van der Waals surface area contributed by atoms with Crippen LogP contribution in [0.1, 0.15) is 21.7 Å². The topological polar surface area (TPSA) is 89.7 Å². The van der Waals surface area contributed by atoms with Crippen molar-refractivity contribution in [2.24, 2.45) is 0 Å². The monoisotopic (exact) mass is 401 g/mol. The lowest BCUT2D eigenvalue weighted by atomic mass is 10.2. The van der Waals surface area contributed by atoms with Gasteiger partial charge >= 0.3 is 0 Å². The molecule has 0 unspecified atom stereocenters. The van der Waals surface area contributed by atoms with Crippen LogP contribution < -0.4 is 10.6 Å². The molecule has 0 aliphatic heterocycles. The third-order valence-corrected chi connectivity index (χ3v) is 4.63. The van der Waals surface area contributed by atoms with Gasteiger partial charge in [-0.05, 0) is 68.4 Å². The lowest BCUT2D eigenvalue weighted by Crippen LogP contribution is -2.28. The van der Waals surface area contributed by atoms with Gasteiger partial charge in [0.05, 0.1) is 5.69 Å². The highest BCUT2D eigenvalue weighted by molar-refractivity contribution is 5.94. The Balaban J connectivity index is 1.25. The van der Waals surface area contributed by atoms with E-state index < -0.39 is 0 Å².